The van der Waals surface area contributed by atoms with Crippen molar-refractivity contribution in [1.82, 2.24) is 16.0 Å². The molecule has 1 saturated heterocycles. The number of nitrogens with one attached hydrogen (secondary N) is 3. The molecular weight excluding hydrogens is 438 g/mol. The topological polar surface area (TPSA) is 134 Å². The van der Waals surface area contributed by atoms with Gasteiger partial charge in [0.1, 0.15) is 18.2 Å². The summed E-state index contributed by atoms with van der Waals surface area (Å²) in [5.41, 5.74) is 0.845. The molecule has 1 unspecified atom stereocenters. The molecule has 0 saturated carbocycles. The Morgan fingerprint density at radius 2 is 1.71 bits per heavy atom. The van der Waals surface area contributed by atoms with Gasteiger partial charge in [-0.2, -0.15) is 0 Å². The minimum atomic E-state index is -1.32. The molecule has 3 amide bonds. The van der Waals surface area contributed by atoms with E-state index >= 15 is 0 Å². The minimum Gasteiger partial charge on any atom is -0.460 e. The van der Waals surface area contributed by atoms with Crippen molar-refractivity contribution in [2.45, 2.75) is 90.1 Å². The number of aliphatic hydroxyl groups excluding tert-OH is 1. The summed E-state index contributed by atoms with van der Waals surface area (Å²) in [6.45, 7) is 6.77. The zero-order chi connectivity index (χ0) is 25.3. The highest BCUT2D eigenvalue weighted by molar-refractivity contribution is 5.94. The van der Waals surface area contributed by atoms with Crippen LogP contribution < -0.4 is 16.0 Å². The predicted molar refractivity (Wildman–Crippen MR) is 126 cm³/mol. The maximum atomic E-state index is 13.0. The van der Waals surface area contributed by atoms with Crippen LogP contribution >= 0.6 is 0 Å². The summed E-state index contributed by atoms with van der Waals surface area (Å²) in [6.07, 6.45) is 0.680. The van der Waals surface area contributed by atoms with Gasteiger partial charge in [0.25, 0.3) is 0 Å². The Morgan fingerprint density at radius 1 is 1.03 bits per heavy atom. The number of carbonyl (C=O) groups excluding carboxylic acids is 4. The summed E-state index contributed by atoms with van der Waals surface area (Å²) in [6, 6.07) is 5.99. The summed E-state index contributed by atoms with van der Waals surface area (Å²) in [5.74, 6) is -2.54. The van der Waals surface area contributed by atoms with Crippen molar-refractivity contribution in [3.05, 3.63) is 35.9 Å². The molecule has 188 valence electrons. The second-order valence-corrected chi connectivity index (χ2v) is 9.07. The van der Waals surface area contributed by atoms with Crippen LogP contribution in [0.5, 0.6) is 0 Å². The van der Waals surface area contributed by atoms with Gasteiger partial charge in [-0.05, 0) is 31.7 Å². The second-order valence-electron chi connectivity index (χ2n) is 9.07. The number of hydrogen-bond donors (Lipinski definition) is 4. The van der Waals surface area contributed by atoms with Crippen LogP contribution in [0.1, 0.15) is 58.9 Å². The van der Waals surface area contributed by atoms with Gasteiger partial charge in [-0.3, -0.25) is 14.4 Å². The zero-order valence-corrected chi connectivity index (χ0v) is 20.4. The largest absolute Gasteiger partial charge is 0.460 e. The average Bonchev–Trinajstić information content (AvgIpc) is 2.79. The van der Waals surface area contributed by atoms with Gasteiger partial charge in [0, 0.05) is 6.42 Å². The van der Waals surface area contributed by atoms with Crippen molar-refractivity contribution in [3.63, 3.8) is 0 Å². The van der Waals surface area contributed by atoms with Gasteiger partial charge in [0.15, 0.2) is 6.04 Å². The maximum absolute atomic E-state index is 13.0. The van der Waals surface area contributed by atoms with Gasteiger partial charge in [0.05, 0.1) is 12.5 Å². The van der Waals surface area contributed by atoms with Crippen LogP contribution in [-0.4, -0.2) is 59.1 Å². The number of aliphatic hydroxyl groups is 1. The molecule has 2 rings (SSSR count). The molecule has 0 aliphatic carbocycles. The Hall–Kier alpha value is -2.94. The van der Waals surface area contributed by atoms with E-state index in [2.05, 4.69) is 16.0 Å². The number of esters is 1. The van der Waals surface area contributed by atoms with Gasteiger partial charge in [-0.25, -0.2) is 4.79 Å². The lowest BCUT2D eigenvalue weighted by Crippen LogP contribution is -2.56. The van der Waals surface area contributed by atoms with Gasteiger partial charge in [-0.15, -0.1) is 0 Å². The van der Waals surface area contributed by atoms with Gasteiger partial charge < -0.3 is 25.8 Å². The molecule has 6 atom stereocenters. The lowest BCUT2D eigenvalue weighted by Gasteiger charge is -2.27. The monoisotopic (exact) mass is 475 g/mol. The number of carbonyl (C=O) groups is 4. The molecule has 1 aliphatic heterocycles. The van der Waals surface area contributed by atoms with Crippen LogP contribution in [0.3, 0.4) is 0 Å². The molecule has 0 radical (unpaired) electrons. The highest BCUT2D eigenvalue weighted by Crippen LogP contribution is 2.20. The number of ether oxygens (including phenoxy) is 1. The molecule has 1 aromatic carbocycles. The fourth-order valence-electron chi connectivity index (χ4n) is 3.82. The fourth-order valence-corrected chi connectivity index (χ4v) is 3.82. The van der Waals surface area contributed by atoms with Crippen LogP contribution in [0.4, 0.5) is 0 Å². The SMILES string of the molecule is CCCC[C@@H](C)[C@@H]1CC(=O)N[C@@H](Cc2ccccc2)C(=O)N[C@@H](C)C(=O)NC([C@H](C)O)C(=O)O1. The van der Waals surface area contributed by atoms with Crippen LogP contribution in [0, 0.1) is 5.92 Å². The molecule has 1 fully saturated rings. The summed E-state index contributed by atoms with van der Waals surface area (Å²) in [7, 11) is 0. The van der Waals surface area contributed by atoms with Crippen molar-refractivity contribution in [3.8, 4) is 0 Å². The highest BCUT2D eigenvalue weighted by atomic mass is 16.5. The first-order valence-electron chi connectivity index (χ1n) is 11.9. The van der Waals surface area contributed by atoms with Gasteiger partial charge >= 0.3 is 5.97 Å². The Balaban J connectivity index is 2.35. The first-order chi connectivity index (χ1) is 16.1. The van der Waals surface area contributed by atoms with Crippen molar-refractivity contribution in [1.29, 1.82) is 0 Å². The maximum Gasteiger partial charge on any atom is 0.331 e. The molecule has 0 aromatic heterocycles. The van der Waals surface area contributed by atoms with E-state index in [4.69, 9.17) is 4.74 Å². The third kappa shape index (κ3) is 8.13. The fraction of sp³-hybridized carbons (Fsp3) is 0.600. The molecule has 4 N–H and O–H groups in total. The quantitative estimate of drug-likeness (QED) is 0.438. The van der Waals surface area contributed by atoms with Crippen LogP contribution in [0.15, 0.2) is 30.3 Å². The second kappa shape index (κ2) is 13.1. The van der Waals surface area contributed by atoms with Crippen molar-refractivity contribution >= 4 is 23.7 Å². The van der Waals surface area contributed by atoms with E-state index in [9.17, 15) is 24.3 Å². The number of amides is 3. The number of rotatable bonds is 7. The first kappa shape index (κ1) is 27.3. The number of unbranched alkanes of at least 4 members (excludes halogenated alkanes) is 1. The van der Waals surface area contributed by atoms with Crippen LogP contribution in [-0.2, 0) is 30.3 Å². The minimum absolute atomic E-state index is 0.134. The Morgan fingerprint density at radius 3 is 2.32 bits per heavy atom. The molecule has 0 bridgehead atoms. The lowest BCUT2D eigenvalue weighted by atomic mass is 9.95. The van der Waals surface area contributed by atoms with Crippen molar-refractivity contribution in [2.75, 3.05) is 0 Å². The van der Waals surface area contributed by atoms with Gasteiger partial charge in [-0.1, -0.05) is 57.0 Å². The summed E-state index contributed by atoms with van der Waals surface area (Å²) in [4.78, 5) is 51.5. The molecule has 1 aromatic rings. The van der Waals surface area contributed by atoms with E-state index in [1.807, 2.05) is 44.2 Å². The standard InChI is InChI=1S/C25H37N3O6/c1-5-6-10-15(2)20-14-21(30)27-19(13-18-11-8-7-9-12-18)24(32)26-16(3)23(31)28-22(17(4)29)25(33)34-20/h7-9,11-12,15-17,19-20,22,29H,5-6,10,13-14H2,1-4H3,(H,26,32)(H,27,30)(H,28,31)/t15-,16+,17+,19+,20+,22?/m1/s1. The predicted octanol–water partition coefficient (Wildman–Crippen LogP) is 1.23. The summed E-state index contributed by atoms with van der Waals surface area (Å²) in [5, 5.41) is 17.9. The lowest BCUT2D eigenvalue weighted by molar-refractivity contribution is -0.159. The van der Waals surface area contributed by atoms with E-state index in [0.717, 1.165) is 24.8 Å². The highest BCUT2D eigenvalue weighted by Gasteiger charge is 2.35. The molecular formula is C25H37N3O6. The summed E-state index contributed by atoms with van der Waals surface area (Å²) >= 11 is 0. The van der Waals surface area contributed by atoms with Crippen molar-refractivity contribution < 1.29 is 29.0 Å². The normalized spacial score (nSPS) is 26.5. The Kier molecular flexibility index (Phi) is 10.5. The number of hydrogen-bond acceptors (Lipinski definition) is 6. The van der Waals surface area contributed by atoms with E-state index in [1.54, 1.807) is 0 Å². The van der Waals surface area contributed by atoms with Crippen LogP contribution in [0.25, 0.3) is 0 Å². The summed E-state index contributed by atoms with van der Waals surface area (Å²) < 4.78 is 5.65. The average molecular weight is 476 g/mol. The molecule has 34 heavy (non-hydrogen) atoms. The zero-order valence-electron chi connectivity index (χ0n) is 20.4. The number of cyclic esters (lactones) is 1. The molecule has 9 heteroatoms. The molecule has 1 aliphatic rings. The first-order valence-corrected chi connectivity index (χ1v) is 11.9. The third-order valence-electron chi connectivity index (χ3n) is 6.02. The van der Waals surface area contributed by atoms with Gasteiger partial charge in [0.2, 0.25) is 17.7 Å². The van der Waals surface area contributed by atoms with Crippen LogP contribution in [0.2, 0.25) is 0 Å². The van der Waals surface area contributed by atoms with Crippen molar-refractivity contribution in [2.24, 2.45) is 5.92 Å². The third-order valence-corrected chi connectivity index (χ3v) is 6.02. The van der Waals surface area contributed by atoms with E-state index < -0.39 is 54.0 Å². The van der Waals surface area contributed by atoms with E-state index in [1.165, 1.54) is 13.8 Å². The Labute approximate surface area is 201 Å². The molecule has 9 nitrogen and oxygen atoms in total. The van der Waals surface area contributed by atoms with E-state index in [0.29, 0.717) is 0 Å². The smallest absolute Gasteiger partial charge is 0.331 e. The number of benzene rings is 1. The van der Waals surface area contributed by atoms with E-state index in [-0.39, 0.29) is 18.8 Å². The molecule has 0 spiro atoms. The molecule has 1 heterocycles. The Bertz CT molecular complexity index is 844.